The number of rotatable bonds is 15. The van der Waals surface area contributed by atoms with Crippen LogP contribution >= 0.6 is 54.5 Å². The first kappa shape index (κ1) is 27.4. The first-order valence-corrected chi connectivity index (χ1v) is 15.8. The summed E-state index contributed by atoms with van der Waals surface area (Å²) in [7, 11) is 1.47. The van der Waals surface area contributed by atoms with Crippen molar-refractivity contribution in [1.29, 1.82) is 0 Å². The molecule has 1 aliphatic rings. The molecule has 2 heterocycles. The van der Waals surface area contributed by atoms with E-state index in [1.165, 1.54) is 88.6 Å². The van der Waals surface area contributed by atoms with Crippen molar-refractivity contribution in [3.8, 4) is 9.75 Å². The molecule has 1 atom stereocenters. The van der Waals surface area contributed by atoms with Crippen LogP contribution in [0.3, 0.4) is 0 Å². The van der Waals surface area contributed by atoms with E-state index in [0.717, 1.165) is 18.8 Å². The molecule has 0 aromatic carbocycles. The number of ether oxygens (including phenoxy) is 1. The molecule has 0 spiro atoms. The van der Waals surface area contributed by atoms with Crippen LogP contribution in [0.4, 0.5) is 0 Å². The van der Waals surface area contributed by atoms with E-state index in [-0.39, 0.29) is 11.4 Å². The molecule has 2 aromatic heterocycles. The Kier molecular flexibility index (Phi) is 11.0. The zero-order valence-electron chi connectivity index (χ0n) is 20.3. The van der Waals surface area contributed by atoms with Gasteiger partial charge in [-0.05, 0) is 80.3 Å². The minimum atomic E-state index is -0.0813. The highest BCUT2D eigenvalue weighted by Gasteiger charge is 2.46. The van der Waals surface area contributed by atoms with E-state index >= 15 is 0 Å². The topological polar surface area (TPSA) is 26.3 Å². The summed E-state index contributed by atoms with van der Waals surface area (Å²) >= 11 is 11.4. The fraction of sp³-hybridized carbons (Fsp3) is 0.667. The van der Waals surface area contributed by atoms with Crippen LogP contribution in [0.2, 0.25) is 0 Å². The van der Waals surface area contributed by atoms with E-state index in [1.54, 1.807) is 11.1 Å². The number of unbranched alkanes of at least 4 members (excludes halogenated alkanes) is 6. The Bertz CT molecular complexity index is 856. The smallest absolute Gasteiger partial charge is 0.305 e. The maximum atomic E-state index is 11.3. The van der Waals surface area contributed by atoms with E-state index < -0.39 is 0 Å². The average molecular weight is 619 g/mol. The number of carbonyl (C=O) groups is 1. The summed E-state index contributed by atoms with van der Waals surface area (Å²) < 4.78 is 7.27. The van der Waals surface area contributed by atoms with Crippen LogP contribution < -0.4 is 0 Å². The van der Waals surface area contributed by atoms with Crippen molar-refractivity contribution >= 4 is 60.5 Å². The molecule has 2 nitrogen and oxygen atoms in total. The van der Waals surface area contributed by atoms with Gasteiger partial charge in [0.05, 0.1) is 14.7 Å². The van der Waals surface area contributed by atoms with Crippen molar-refractivity contribution in [3.63, 3.8) is 0 Å². The van der Waals surface area contributed by atoms with Crippen molar-refractivity contribution < 1.29 is 9.53 Å². The molecule has 0 fully saturated rings. The zero-order chi connectivity index (χ0) is 23.8. The normalized spacial score (nSPS) is 14.8. The van der Waals surface area contributed by atoms with Crippen molar-refractivity contribution in [3.05, 3.63) is 30.8 Å². The molecular formula is C27H38Br2O2S2. The summed E-state index contributed by atoms with van der Waals surface area (Å²) in [5.74, 6) is 0.696. The van der Waals surface area contributed by atoms with Crippen LogP contribution in [-0.2, 0) is 14.9 Å². The van der Waals surface area contributed by atoms with Gasteiger partial charge in [-0.25, -0.2) is 0 Å². The quantitative estimate of drug-likeness (QED) is 0.147. The molecule has 1 unspecified atom stereocenters. The second kappa shape index (κ2) is 13.2. The Hall–Kier alpha value is -0.170. The molecule has 0 bridgehead atoms. The second-order valence-electron chi connectivity index (χ2n) is 9.49. The minimum absolute atomic E-state index is 0.0813. The van der Waals surface area contributed by atoms with Crippen molar-refractivity contribution in [2.24, 2.45) is 5.92 Å². The highest BCUT2D eigenvalue weighted by molar-refractivity contribution is 9.11. The summed E-state index contributed by atoms with van der Waals surface area (Å²) in [4.78, 5) is 14.3. The lowest BCUT2D eigenvalue weighted by Crippen LogP contribution is -2.28. The van der Waals surface area contributed by atoms with Crippen molar-refractivity contribution in [1.82, 2.24) is 0 Å². The standard InChI is InChI=1S/C27H38Br2O2S2/c1-4-6-13-19(5-2)18-27(15-12-10-8-7-9-11-14-24(30)31-3)20-16-22(28)32-25(20)26-21(27)17-23(29)33-26/h16-17,19H,4-15,18H2,1-3H3. The van der Waals surface area contributed by atoms with Crippen molar-refractivity contribution in [2.75, 3.05) is 7.11 Å². The van der Waals surface area contributed by atoms with Gasteiger partial charge in [0.15, 0.2) is 0 Å². The summed E-state index contributed by atoms with van der Waals surface area (Å²) in [6.45, 7) is 4.69. The average Bonchev–Trinajstić information content (AvgIpc) is 3.44. The van der Waals surface area contributed by atoms with Gasteiger partial charge in [0.2, 0.25) is 0 Å². The van der Waals surface area contributed by atoms with E-state index in [4.69, 9.17) is 4.74 Å². The van der Waals surface area contributed by atoms with Gasteiger partial charge < -0.3 is 4.74 Å². The lowest BCUT2D eigenvalue weighted by atomic mass is 9.68. The summed E-state index contributed by atoms with van der Waals surface area (Å²) in [6, 6.07) is 4.86. The number of hydrogen-bond acceptors (Lipinski definition) is 4. The second-order valence-corrected chi connectivity index (χ2v) is 14.3. The minimum Gasteiger partial charge on any atom is -0.469 e. The third-order valence-corrected chi connectivity index (χ3v) is 10.7. The van der Waals surface area contributed by atoms with Crippen LogP contribution in [0.5, 0.6) is 0 Å². The van der Waals surface area contributed by atoms with Crippen LogP contribution in [0.15, 0.2) is 19.7 Å². The van der Waals surface area contributed by atoms with Gasteiger partial charge >= 0.3 is 5.97 Å². The molecule has 184 valence electrons. The molecule has 1 aliphatic carbocycles. The molecule has 3 rings (SSSR count). The van der Waals surface area contributed by atoms with Crippen LogP contribution in [0.25, 0.3) is 9.75 Å². The number of hydrogen-bond donors (Lipinski definition) is 0. The van der Waals surface area contributed by atoms with Crippen LogP contribution in [-0.4, -0.2) is 13.1 Å². The number of methoxy groups -OCH3 is 1. The molecular weight excluding hydrogens is 580 g/mol. The predicted octanol–water partition coefficient (Wildman–Crippen LogP) is 10.5. The van der Waals surface area contributed by atoms with E-state index in [1.807, 2.05) is 22.7 Å². The summed E-state index contributed by atoms with van der Waals surface area (Å²) in [5, 5.41) is 0. The maximum Gasteiger partial charge on any atom is 0.305 e. The predicted molar refractivity (Wildman–Crippen MR) is 151 cm³/mol. The van der Waals surface area contributed by atoms with E-state index in [2.05, 4.69) is 57.8 Å². The van der Waals surface area contributed by atoms with Gasteiger partial charge in [0.1, 0.15) is 0 Å². The fourth-order valence-corrected chi connectivity index (χ4v) is 9.00. The van der Waals surface area contributed by atoms with E-state index in [9.17, 15) is 4.79 Å². The zero-order valence-corrected chi connectivity index (χ0v) is 25.1. The SMILES string of the molecule is CCCCC(CC)CC1(CCCCCCCCC(=O)OC)c2cc(Br)sc2-c2sc(Br)cc21. The number of carbonyl (C=O) groups excluding carboxylic acids is 1. The van der Waals surface area contributed by atoms with Gasteiger partial charge in [0, 0.05) is 21.6 Å². The molecule has 0 aliphatic heterocycles. The monoisotopic (exact) mass is 616 g/mol. The fourth-order valence-electron chi connectivity index (χ4n) is 5.45. The third kappa shape index (κ3) is 6.74. The highest BCUT2D eigenvalue weighted by Crippen LogP contribution is 2.61. The Morgan fingerprint density at radius 2 is 1.52 bits per heavy atom. The van der Waals surface area contributed by atoms with Gasteiger partial charge in [-0.2, -0.15) is 0 Å². The van der Waals surface area contributed by atoms with Gasteiger partial charge in [-0.3, -0.25) is 4.79 Å². The molecule has 2 aromatic rings. The van der Waals surface area contributed by atoms with Gasteiger partial charge in [-0.15, -0.1) is 22.7 Å². The lowest BCUT2D eigenvalue weighted by Gasteiger charge is -2.35. The Balaban J connectivity index is 1.71. The molecule has 0 radical (unpaired) electrons. The van der Waals surface area contributed by atoms with Gasteiger partial charge in [0.25, 0.3) is 0 Å². The summed E-state index contributed by atoms with van der Waals surface area (Å²) in [5.41, 5.74) is 3.33. The van der Waals surface area contributed by atoms with Crippen LogP contribution in [0, 0.1) is 5.92 Å². The molecule has 0 saturated heterocycles. The highest BCUT2D eigenvalue weighted by atomic mass is 79.9. The molecule has 33 heavy (non-hydrogen) atoms. The largest absolute Gasteiger partial charge is 0.469 e. The number of fused-ring (bicyclic) bond motifs is 3. The first-order chi connectivity index (χ1) is 15.9. The molecule has 0 N–H and O–H groups in total. The lowest BCUT2D eigenvalue weighted by molar-refractivity contribution is -0.140. The summed E-state index contributed by atoms with van der Waals surface area (Å²) in [6.07, 6.45) is 15.4. The molecule has 0 amide bonds. The molecule has 6 heteroatoms. The van der Waals surface area contributed by atoms with Crippen molar-refractivity contribution in [2.45, 2.75) is 103 Å². The Morgan fingerprint density at radius 3 is 2.06 bits per heavy atom. The third-order valence-electron chi connectivity index (χ3n) is 7.28. The maximum absolute atomic E-state index is 11.3. The first-order valence-electron chi connectivity index (χ1n) is 12.6. The number of halogens is 2. The number of thiophene rings is 2. The molecule has 0 saturated carbocycles. The van der Waals surface area contributed by atoms with Crippen LogP contribution in [0.1, 0.15) is 108 Å². The number of esters is 1. The Labute approximate surface area is 225 Å². The Morgan fingerprint density at radius 1 is 0.939 bits per heavy atom. The van der Waals surface area contributed by atoms with Gasteiger partial charge in [-0.1, -0.05) is 71.6 Å². The van der Waals surface area contributed by atoms with E-state index in [0.29, 0.717) is 6.42 Å².